The van der Waals surface area contributed by atoms with Gasteiger partial charge in [0.15, 0.2) is 5.78 Å². The Kier molecular flexibility index (Phi) is 3.67. The lowest BCUT2D eigenvalue weighted by atomic mass is 9.84. The van der Waals surface area contributed by atoms with Gasteiger partial charge in [0.2, 0.25) is 0 Å². The fourth-order valence-corrected chi connectivity index (χ4v) is 3.85. The second-order valence-corrected chi connectivity index (χ2v) is 6.60. The van der Waals surface area contributed by atoms with Crippen LogP contribution in [0.15, 0.2) is 42.6 Å². The maximum Gasteiger partial charge on any atom is 0.325 e. The van der Waals surface area contributed by atoms with E-state index in [0.29, 0.717) is 12.1 Å². The van der Waals surface area contributed by atoms with Crippen molar-refractivity contribution < 1.29 is 14.4 Å². The number of carbonyl (C=O) groups is 3. The molecule has 0 bridgehead atoms. The molecular formula is C19H19N3O3. The van der Waals surface area contributed by atoms with E-state index in [1.54, 1.807) is 18.3 Å². The van der Waals surface area contributed by atoms with Crippen LogP contribution in [0.2, 0.25) is 0 Å². The number of aromatic nitrogens is 1. The van der Waals surface area contributed by atoms with Gasteiger partial charge in [-0.2, -0.15) is 0 Å². The third-order valence-corrected chi connectivity index (χ3v) is 5.10. The number of imide groups is 1. The van der Waals surface area contributed by atoms with E-state index in [4.69, 9.17) is 0 Å². The lowest BCUT2D eigenvalue weighted by Gasteiger charge is -2.27. The molecule has 2 heterocycles. The Labute approximate surface area is 145 Å². The average molecular weight is 337 g/mol. The Morgan fingerprint density at radius 2 is 1.96 bits per heavy atom. The van der Waals surface area contributed by atoms with Gasteiger partial charge < -0.3 is 10.3 Å². The fourth-order valence-electron chi connectivity index (χ4n) is 3.85. The van der Waals surface area contributed by atoms with Crippen molar-refractivity contribution in [1.29, 1.82) is 0 Å². The van der Waals surface area contributed by atoms with Gasteiger partial charge in [0.05, 0.1) is 12.2 Å². The van der Waals surface area contributed by atoms with Crippen LogP contribution in [0.5, 0.6) is 0 Å². The van der Waals surface area contributed by atoms with Crippen LogP contribution in [0.4, 0.5) is 4.79 Å². The van der Waals surface area contributed by atoms with E-state index in [1.807, 2.05) is 24.3 Å². The molecule has 0 saturated carbocycles. The van der Waals surface area contributed by atoms with Crippen molar-refractivity contribution in [3.63, 3.8) is 0 Å². The number of carbonyl (C=O) groups excluding carboxylic acids is 3. The largest absolute Gasteiger partial charge is 0.359 e. The van der Waals surface area contributed by atoms with E-state index >= 15 is 0 Å². The van der Waals surface area contributed by atoms with Crippen molar-refractivity contribution >= 4 is 17.7 Å². The number of nitrogens with zero attached hydrogens (tertiary/aromatic N) is 1. The van der Waals surface area contributed by atoms with Crippen LogP contribution in [-0.4, -0.2) is 34.2 Å². The predicted molar refractivity (Wildman–Crippen MR) is 91.0 cm³/mol. The summed E-state index contributed by atoms with van der Waals surface area (Å²) in [6.45, 7) is -0.255. The number of rotatable bonds is 3. The van der Waals surface area contributed by atoms with Crippen LogP contribution in [0.25, 0.3) is 0 Å². The number of nitrogens with one attached hydrogen (secondary N) is 2. The molecule has 1 aliphatic heterocycles. The molecule has 6 nitrogen and oxygen atoms in total. The highest BCUT2D eigenvalue weighted by Gasteiger charge is 2.53. The highest BCUT2D eigenvalue weighted by Crippen LogP contribution is 2.38. The third kappa shape index (κ3) is 2.45. The molecule has 1 aromatic heterocycles. The summed E-state index contributed by atoms with van der Waals surface area (Å²) in [6, 6.07) is 10.6. The minimum Gasteiger partial charge on any atom is -0.359 e. The van der Waals surface area contributed by atoms with Gasteiger partial charge in [-0.05, 0) is 48.9 Å². The van der Waals surface area contributed by atoms with Gasteiger partial charge in [-0.15, -0.1) is 0 Å². The Balaban J connectivity index is 1.68. The van der Waals surface area contributed by atoms with Crippen LogP contribution in [0.3, 0.4) is 0 Å². The lowest BCUT2D eigenvalue weighted by Crippen LogP contribution is -2.44. The Morgan fingerprint density at radius 1 is 1.12 bits per heavy atom. The summed E-state index contributed by atoms with van der Waals surface area (Å²) in [7, 11) is 0. The molecule has 4 rings (SSSR count). The minimum atomic E-state index is -1.04. The topological polar surface area (TPSA) is 82.3 Å². The number of aromatic amines is 1. The second kappa shape index (κ2) is 5.88. The van der Waals surface area contributed by atoms with Crippen molar-refractivity contribution in [2.75, 3.05) is 6.54 Å². The molecule has 1 fully saturated rings. The van der Waals surface area contributed by atoms with Crippen molar-refractivity contribution in [2.24, 2.45) is 0 Å². The molecule has 25 heavy (non-hydrogen) atoms. The first-order chi connectivity index (χ1) is 12.1. The molecule has 2 N–H and O–H groups in total. The molecule has 3 amide bonds. The summed E-state index contributed by atoms with van der Waals surface area (Å²) in [5.41, 5.74) is 1.30. The third-order valence-electron chi connectivity index (χ3n) is 5.10. The van der Waals surface area contributed by atoms with Crippen LogP contribution < -0.4 is 5.32 Å². The van der Waals surface area contributed by atoms with E-state index in [-0.39, 0.29) is 18.2 Å². The highest BCUT2D eigenvalue weighted by molar-refractivity contribution is 6.11. The molecule has 1 aromatic carbocycles. The van der Waals surface area contributed by atoms with Gasteiger partial charge in [0, 0.05) is 6.20 Å². The average Bonchev–Trinajstić information content (AvgIpc) is 3.18. The first kappa shape index (κ1) is 15.6. The zero-order valence-corrected chi connectivity index (χ0v) is 13.7. The van der Waals surface area contributed by atoms with Crippen LogP contribution in [-0.2, 0) is 16.8 Å². The maximum atomic E-state index is 13.2. The van der Waals surface area contributed by atoms with Gasteiger partial charge >= 0.3 is 6.03 Å². The molecule has 1 spiro atoms. The number of hydrogen-bond acceptors (Lipinski definition) is 3. The quantitative estimate of drug-likeness (QED) is 0.666. The lowest BCUT2D eigenvalue weighted by molar-refractivity contribution is -0.131. The number of aryl methyl sites for hydroxylation is 1. The fraction of sp³-hybridized carbons (Fsp3) is 0.316. The van der Waals surface area contributed by atoms with E-state index < -0.39 is 11.6 Å². The van der Waals surface area contributed by atoms with Crippen molar-refractivity contribution in [2.45, 2.75) is 31.2 Å². The van der Waals surface area contributed by atoms with Crippen LogP contribution >= 0.6 is 0 Å². The van der Waals surface area contributed by atoms with E-state index in [9.17, 15) is 14.4 Å². The van der Waals surface area contributed by atoms with Crippen molar-refractivity contribution in [3.8, 4) is 0 Å². The zero-order valence-electron chi connectivity index (χ0n) is 13.7. The standard InChI is InChI=1S/C19H19N3O3/c23-16(15-9-5-11-20-15)12-22-17(24)19(21-18(22)25)10-4-3-7-13-6-1-2-8-14(13)19/h1-2,5-6,8-9,11,20H,3-4,7,10,12H2,(H,21,25)/t19-/m0/s1. The Bertz CT molecular complexity index is 843. The number of ketones is 1. The van der Waals surface area contributed by atoms with Crippen molar-refractivity contribution in [3.05, 3.63) is 59.4 Å². The molecule has 2 aliphatic rings. The molecule has 128 valence electrons. The first-order valence-corrected chi connectivity index (χ1v) is 8.51. The number of benzene rings is 1. The van der Waals surface area contributed by atoms with E-state index in [0.717, 1.165) is 35.3 Å². The number of urea groups is 1. The number of H-pyrrole nitrogens is 1. The summed E-state index contributed by atoms with van der Waals surface area (Å²) >= 11 is 0. The van der Waals surface area contributed by atoms with Crippen LogP contribution in [0, 0.1) is 0 Å². The second-order valence-electron chi connectivity index (χ2n) is 6.60. The molecule has 6 heteroatoms. The monoisotopic (exact) mass is 337 g/mol. The number of amides is 3. The molecule has 0 radical (unpaired) electrons. The summed E-state index contributed by atoms with van der Waals surface area (Å²) < 4.78 is 0. The number of hydrogen-bond donors (Lipinski definition) is 2. The molecular weight excluding hydrogens is 318 g/mol. The smallest absolute Gasteiger partial charge is 0.325 e. The first-order valence-electron chi connectivity index (χ1n) is 8.51. The zero-order chi connectivity index (χ0) is 17.4. The predicted octanol–water partition coefficient (Wildman–Crippen LogP) is 2.37. The summed E-state index contributed by atoms with van der Waals surface area (Å²) in [4.78, 5) is 41.9. The van der Waals surface area contributed by atoms with Crippen LogP contribution in [0.1, 0.15) is 40.9 Å². The molecule has 1 aliphatic carbocycles. The summed E-state index contributed by atoms with van der Waals surface area (Å²) in [6.07, 6.45) is 4.91. The van der Waals surface area contributed by atoms with E-state index in [2.05, 4.69) is 10.3 Å². The van der Waals surface area contributed by atoms with E-state index in [1.165, 1.54) is 0 Å². The molecule has 1 atom stereocenters. The Hall–Kier alpha value is -2.89. The maximum absolute atomic E-state index is 13.2. The van der Waals surface area contributed by atoms with Gasteiger partial charge in [-0.3, -0.25) is 14.5 Å². The van der Waals surface area contributed by atoms with Gasteiger partial charge in [-0.1, -0.05) is 24.3 Å². The summed E-state index contributed by atoms with van der Waals surface area (Å²) in [5.74, 6) is -0.612. The highest BCUT2D eigenvalue weighted by atomic mass is 16.2. The van der Waals surface area contributed by atoms with Crippen molar-refractivity contribution in [1.82, 2.24) is 15.2 Å². The summed E-state index contributed by atoms with van der Waals surface area (Å²) in [5, 5.41) is 2.89. The normalized spacial score (nSPS) is 22.6. The number of fused-ring (bicyclic) bond motifs is 2. The minimum absolute atomic E-state index is 0.255. The Morgan fingerprint density at radius 3 is 2.76 bits per heavy atom. The van der Waals surface area contributed by atoms with Gasteiger partial charge in [-0.25, -0.2) is 4.79 Å². The van der Waals surface area contributed by atoms with Gasteiger partial charge in [0.1, 0.15) is 5.54 Å². The van der Waals surface area contributed by atoms with Gasteiger partial charge in [0.25, 0.3) is 5.91 Å². The molecule has 2 aromatic rings. The molecule has 1 saturated heterocycles. The molecule has 0 unspecified atom stereocenters. The number of Topliss-reactive ketones (excluding diaryl/α,β-unsaturated/α-hetero) is 1. The SMILES string of the molecule is O=C(CN1C(=O)N[C@]2(CCCCc3ccccc32)C1=O)c1ccc[nH]1.